The standard InChI is InChI=1S/C22H21ClN2O9/c1-4-32-17-9-12(7-14(23)18(17)33-11(2)20(27)28)8-15-19(26)25(22(30)24-15)10-13-5-6-16(34-13)21(29)31-3/h5-9,11H,4,10H2,1-3H3,(H,24,30)(H,27,28)/b15-8-/t11-/m0/s1. The molecule has 1 aliphatic heterocycles. The summed E-state index contributed by atoms with van der Waals surface area (Å²) in [6.45, 7) is 3.11. The molecule has 1 atom stereocenters. The Kier molecular flexibility index (Phi) is 7.47. The Morgan fingerprint density at radius 1 is 1.29 bits per heavy atom. The van der Waals surface area contributed by atoms with Gasteiger partial charge >= 0.3 is 18.0 Å². The van der Waals surface area contributed by atoms with E-state index < -0.39 is 30.0 Å². The molecule has 1 saturated heterocycles. The highest BCUT2D eigenvalue weighted by Crippen LogP contribution is 2.38. The summed E-state index contributed by atoms with van der Waals surface area (Å²) in [6, 6.07) is 5.10. The number of hydrogen-bond donors (Lipinski definition) is 2. The number of rotatable bonds is 9. The first-order valence-electron chi connectivity index (χ1n) is 10.0. The van der Waals surface area contributed by atoms with Crippen LogP contribution in [0.5, 0.6) is 11.5 Å². The van der Waals surface area contributed by atoms with Crippen LogP contribution in [0.4, 0.5) is 4.79 Å². The minimum atomic E-state index is -1.18. The van der Waals surface area contributed by atoms with Gasteiger partial charge in [0.25, 0.3) is 5.91 Å². The first-order chi connectivity index (χ1) is 16.1. The fourth-order valence-electron chi connectivity index (χ4n) is 2.99. The molecule has 0 saturated carbocycles. The summed E-state index contributed by atoms with van der Waals surface area (Å²) in [5.74, 6) is -2.12. The van der Waals surface area contributed by atoms with E-state index in [0.717, 1.165) is 4.90 Å². The number of aliphatic carboxylic acids is 1. The Morgan fingerprint density at radius 2 is 2.03 bits per heavy atom. The molecule has 2 aromatic rings. The third-order valence-corrected chi connectivity index (χ3v) is 4.89. The molecule has 11 nitrogen and oxygen atoms in total. The van der Waals surface area contributed by atoms with Crippen LogP contribution in [0, 0.1) is 0 Å². The number of nitrogens with one attached hydrogen (secondary N) is 1. The topological polar surface area (TPSA) is 145 Å². The van der Waals surface area contributed by atoms with Crippen LogP contribution in [-0.4, -0.2) is 53.7 Å². The van der Waals surface area contributed by atoms with Gasteiger partial charge in [0.2, 0.25) is 5.76 Å². The number of furan rings is 1. The quantitative estimate of drug-likeness (QED) is 0.306. The summed E-state index contributed by atoms with van der Waals surface area (Å²) in [7, 11) is 1.20. The molecular formula is C22H21ClN2O9. The van der Waals surface area contributed by atoms with Crippen molar-refractivity contribution >= 4 is 41.6 Å². The second-order valence-electron chi connectivity index (χ2n) is 7.00. The fourth-order valence-corrected chi connectivity index (χ4v) is 3.25. The van der Waals surface area contributed by atoms with Gasteiger partial charge in [-0.3, -0.25) is 9.69 Å². The van der Waals surface area contributed by atoms with E-state index in [2.05, 4.69) is 10.1 Å². The van der Waals surface area contributed by atoms with Gasteiger partial charge in [0.1, 0.15) is 11.5 Å². The minimum Gasteiger partial charge on any atom is -0.490 e. The van der Waals surface area contributed by atoms with Crippen LogP contribution in [-0.2, 0) is 20.9 Å². The van der Waals surface area contributed by atoms with Crippen LogP contribution in [0.15, 0.2) is 34.4 Å². The van der Waals surface area contributed by atoms with E-state index in [1.54, 1.807) is 6.92 Å². The number of carboxylic acid groups (broad SMARTS) is 1. The number of carbonyl (C=O) groups is 4. The predicted molar refractivity (Wildman–Crippen MR) is 117 cm³/mol. The molecule has 3 amide bonds. The SMILES string of the molecule is CCOc1cc(/C=C2\NC(=O)N(Cc3ccc(C(=O)OC)o3)C2=O)cc(Cl)c1O[C@@H](C)C(=O)O. The molecule has 0 spiro atoms. The molecule has 34 heavy (non-hydrogen) atoms. The second-order valence-corrected chi connectivity index (χ2v) is 7.41. The maximum atomic E-state index is 12.8. The highest BCUT2D eigenvalue weighted by atomic mass is 35.5. The van der Waals surface area contributed by atoms with Crippen molar-refractivity contribution in [1.82, 2.24) is 10.2 Å². The van der Waals surface area contributed by atoms with E-state index in [0.29, 0.717) is 5.56 Å². The number of amides is 3. The van der Waals surface area contributed by atoms with Crippen LogP contribution in [0.3, 0.4) is 0 Å². The zero-order valence-corrected chi connectivity index (χ0v) is 19.2. The van der Waals surface area contributed by atoms with E-state index in [1.165, 1.54) is 44.4 Å². The first kappa shape index (κ1) is 24.6. The van der Waals surface area contributed by atoms with Crippen LogP contribution in [0.2, 0.25) is 5.02 Å². The van der Waals surface area contributed by atoms with E-state index >= 15 is 0 Å². The zero-order valence-electron chi connectivity index (χ0n) is 18.4. The lowest BCUT2D eigenvalue weighted by atomic mass is 10.1. The highest BCUT2D eigenvalue weighted by molar-refractivity contribution is 6.32. The van der Waals surface area contributed by atoms with Crippen molar-refractivity contribution in [2.24, 2.45) is 0 Å². The molecule has 1 aromatic carbocycles. The molecule has 2 heterocycles. The number of urea groups is 1. The van der Waals surface area contributed by atoms with Crippen LogP contribution in [0.25, 0.3) is 6.08 Å². The summed E-state index contributed by atoms with van der Waals surface area (Å²) in [6.07, 6.45) is 0.215. The van der Waals surface area contributed by atoms with Gasteiger partial charge in [-0.2, -0.15) is 0 Å². The Hall–Kier alpha value is -3.99. The van der Waals surface area contributed by atoms with Crippen molar-refractivity contribution in [3.05, 3.63) is 52.1 Å². The van der Waals surface area contributed by atoms with Gasteiger partial charge in [0.15, 0.2) is 17.6 Å². The number of halogens is 1. The van der Waals surface area contributed by atoms with Crippen LogP contribution in [0.1, 0.15) is 35.7 Å². The molecule has 0 radical (unpaired) electrons. The molecule has 2 N–H and O–H groups in total. The van der Waals surface area contributed by atoms with Crippen molar-refractivity contribution in [3.63, 3.8) is 0 Å². The molecular weight excluding hydrogens is 472 g/mol. The third kappa shape index (κ3) is 5.31. The Morgan fingerprint density at radius 3 is 2.68 bits per heavy atom. The lowest BCUT2D eigenvalue weighted by Gasteiger charge is -2.16. The van der Waals surface area contributed by atoms with Gasteiger partial charge in [0.05, 0.1) is 25.3 Å². The number of ether oxygens (including phenoxy) is 3. The molecule has 3 rings (SSSR count). The zero-order chi connectivity index (χ0) is 25.0. The summed E-state index contributed by atoms with van der Waals surface area (Å²) in [4.78, 5) is 48.7. The van der Waals surface area contributed by atoms with Crippen molar-refractivity contribution in [1.29, 1.82) is 0 Å². The Labute approximate surface area is 198 Å². The fraction of sp³-hybridized carbons (Fsp3) is 0.273. The number of imide groups is 1. The van der Waals surface area contributed by atoms with Gasteiger partial charge in [-0.05, 0) is 49.8 Å². The van der Waals surface area contributed by atoms with E-state index in [9.17, 15) is 19.2 Å². The monoisotopic (exact) mass is 492 g/mol. The lowest BCUT2D eigenvalue weighted by Crippen LogP contribution is -2.30. The maximum Gasteiger partial charge on any atom is 0.373 e. The Balaban J connectivity index is 1.84. The van der Waals surface area contributed by atoms with Crippen LogP contribution < -0.4 is 14.8 Å². The van der Waals surface area contributed by atoms with Crippen molar-refractivity contribution in [2.45, 2.75) is 26.5 Å². The number of carboxylic acids is 1. The average molecular weight is 493 g/mol. The first-order valence-corrected chi connectivity index (χ1v) is 10.4. The number of carbonyl (C=O) groups excluding carboxylic acids is 3. The molecule has 0 aliphatic carbocycles. The molecule has 180 valence electrons. The van der Waals surface area contributed by atoms with Gasteiger partial charge in [-0.15, -0.1) is 0 Å². The predicted octanol–water partition coefficient (Wildman–Crippen LogP) is 3.06. The van der Waals surface area contributed by atoms with Crippen molar-refractivity contribution in [2.75, 3.05) is 13.7 Å². The largest absolute Gasteiger partial charge is 0.490 e. The second kappa shape index (κ2) is 10.3. The third-order valence-electron chi connectivity index (χ3n) is 4.61. The van der Waals surface area contributed by atoms with E-state index in [4.69, 9.17) is 30.6 Å². The lowest BCUT2D eigenvalue weighted by molar-refractivity contribution is -0.144. The van der Waals surface area contributed by atoms with Gasteiger partial charge in [-0.25, -0.2) is 14.4 Å². The molecule has 1 aliphatic rings. The molecule has 0 bridgehead atoms. The maximum absolute atomic E-state index is 12.8. The Bertz CT molecular complexity index is 1170. The number of esters is 1. The number of benzene rings is 1. The summed E-state index contributed by atoms with van der Waals surface area (Å²) >= 11 is 6.29. The number of nitrogens with zero attached hydrogens (tertiary/aromatic N) is 1. The molecule has 1 fully saturated rings. The summed E-state index contributed by atoms with van der Waals surface area (Å²) in [5, 5.41) is 11.6. The van der Waals surface area contributed by atoms with Crippen molar-refractivity contribution < 1.29 is 42.9 Å². The van der Waals surface area contributed by atoms with Gasteiger partial charge < -0.3 is 29.1 Å². The van der Waals surface area contributed by atoms with Gasteiger partial charge in [0, 0.05) is 0 Å². The smallest absolute Gasteiger partial charge is 0.373 e. The molecule has 0 unspecified atom stereocenters. The van der Waals surface area contributed by atoms with Gasteiger partial charge in [-0.1, -0.05) is 11.6 Å². The van der Waals surface area contributed by atoms with Crippen molar-refractivity contribution in [3.8, 4) is 11.5 Å². The average Bonchev–Trinajstić information content (AvgIpc) is 3.36. The van der Waals surface area contributed by atoms with Crippen LogP contribution >= 0.6 is 11.6 Å². The summed E-state index contributed by atoms with van der Waals surface area (Å²) < 4.78 is 20.8. The molecule has 12 heteroatoms. The normalized spacial score (nSPS) is 15.3. The summed E-state index contributed by atoms with van der Waals surface area (Å²) in [5.41, 5.74) is 0.371. The number of methoxy groups -OCH3 is 1. The van der Waals surface area contributed by atoms with E-state index in [1.807, 2.05) is 0 Å². The highest BCUT2D eigenvalue weighted by Gasteiger charge is 2.34. The number of hydrogen-bond acceptors (Lipinski definition) is 8. The minimum absolute atomic E-state index is 0.0316. The molecule has 1 aromatic heterocycles. The van der Waals surface area contributed by atoms with E-state index in [-0.39, 0.29) is 46.9 Å².